The molecule has 1 aliphatic carbocycles. The van der Waals surface area contributed by atoms with E-state index in [1.807, 2.05) is 0 Å². The van der Waals surface area contributed by atoms with Crippen LogP contribution in [0.3, 0.4) is 0 Å². The number of hydrogen-bond acceptors (Lipinski definition) is 3. The summed E-state index contributed by atoms with van der Waals surface area (Å²) in [5, 5.41) is 14.3. The van der Waals surface area contributed by atoms with Crippen molar-refractivity contribution in [1.82, 2.24) is 15.5 Å². The fourth-order valence-electron chi connectivity index (χ4n) is 1.95. The molecule has 0 bridgehead atoms. The van der Waals surface area contributed by atoms with E-state index in [9.17, 15) is 9.59 Å². The van der Waals surface area contributed by atoms with Crippen molar-refractivity contribution in [3.63, 3.8) is 0 Å². The zero-order chi connectivity index (χ0) is 14.4. The summed E-state index contributed by atoms with van der Waals surface area (Å²) in [6.45, 7) is 7.83. The van der Waals surface area contributed by atoms with Gasteiger partial charge in [-0.25, -0.2) is 4.79 Å². The van der Waals surface area contributed by atoms with Gasteiger partial charge in [-0.2, -0.15) is 0 Å². The maximum absolute atomic E-state index is 11.6. The molecule has 0 aromatic carbocycles. The number of likely N-dealkylation sites (N-methyl/N-ethyl adjacent to an activating group) is 1. The van der Waals surface area contributed by atoms with Crippen molar-refractivity contribution >= 4 is 12.0 Å². The van der Waals surface area contributed by atoms with Gasteiger partial charge in [0.1, 0.15) is 0 Å². The predicted molar refractivity (Wildman–Crippen MR) is 73.1 cm³/mol. The van der Waals surface area contributed by atoms with E-state index in [2.05, 4.69) is 22.5 Å². The topological polar surface area (TPSA) is 81.7 Å². The number of amides is 2. The Morgan fingerprint density at radius 2 is 2.00 bits per heavy atom. The SMILES string of the molecule is CCN(CCNC(=O)NC(C)C(C)C(=O)O)C1CC1. The second-order valence-corrected chi connectivity index (χ2v) is 5.18. The van der Waals surface area contributed by atoms with Crippen molar-refractivity contribution in [3.05, 3.63) is 0 Å². The van der Waals surface area contributed by atoms with Crippen LogP contribution in [0.2, 0.25) is 0 Å². The minimum atomic E-state index is -0.904. The summed E-state index contributed by atoms with van der Waals surface area (Å²) < 4.78 is 0. The first-order valence-corrected chi connectivity index (χ1v) is 6.97. The van der Waals surface area contributed by atoms with Crippen molar-refractivity contribution < 1.29 is 14.7 Å². The summed E-state index contributed by atoms with van der Waals surface area (Å²) in [7, 11) is 0. The Morgan fingerprint density at radius 1 is 1.37 bits per heavy atom. The van der Waals surface area contributed by atoms with Crippen molar-refractivity contribution in [2.75, 3.05) is 19.6 Å². The van der Waals surface area contributed by atoms with Gasteiger partial charge in [-0.1, -0.05) is 6.92 Å². The van der Waals surface area contributed by atoms with Crippen LogP contribution in [0.25, 0.3) is 0 Å². The van der Waals surface area contributed by atoms with Crippen LogP contribution in [0, 0.1) is 5.92 Å². The van der Waals surface area contributed by atoms with Crippen LogP contribution in [0.5, 0.6) is 0 Å². The third kappa shape index (κ3) is 5.46. The molecule has 0 saturated heterocycles. The minimum Gasteiger partial charge on any atom is -0.481 e. The largest absolute Gasteiger partial charge is 0.481 e. The highest BCUT2D eigenvalue weighted by Crippen LogP contribution is 2.25. The van der Waals surface area contributed by atoms with Gasteiger partial charge in [-0.05, 0) is 33.2 Å². The Kier molecular flexibility index (Phi) is 6.08. The molecule has 2 unspecified atom stereocenters. The van der Waals surface area contributed by atoms with Crippen LogP contribution in [-0.4, -0.2) is 53.7 Å². The first-order chi connectivity index (χ1) is 8.95. The lowest BCUT2D eigenvalue weighted by atomic mass is 10.0. The number of urea groups is 1. The maximum Gasteiger partial charge on any atom is 0.315 e. The van der Waals surface area contributed by atoms with Crippen molar-refractivity contribution in [1.29, 1.82) is 0 Å². The van der Waals surface area contributed by atoms with Crippen LogP contribution in [0.15, 0.2) is 0 Å². The van der Waals surface area contributed by atoms with Crippen LogP contribution < -0.4 is 10.6 Å². The van der Waals surface area contributed by atoms with Crippen LogP contribution in [0.1, 0.15) is 33.6 Å². The molecular formula is C13H25N3O3. The molecule has 0 heterocycles. The molecule has 1 aliphatic rings. The summed E-state index contributed by atoms with van der Waals surface area (Å²) in [6.07, 6.45) is 2.51. The molecule has 0 aliphatic heterocycles. The van der Waals surface area contributed by atoms with Crippen LogP contribution in [0.4, 0.5) is 4.79 Å². The Hall–Kier alpha value is -1.30. The second-order valence-electron chi connectivity index (χ2n) is 5.18. The molecule has 0 aromatic heterocycles. The lowest BCUT2D eigenvalue weighted by molar-refractivity contribution is -0.141. The molecule has 110 valence electrons. The number of aliphatic carboxylic acids is 1. The van der Waals surface area contributed by atoms with Gasteiger partial charge in [0.05, 0.1) is 5.92 Å². The number of nitrogens with one attached hydrogen (secondary N) is 2. The monoisotopic (exact) mass is 271 g/mol. The van der Waals surface area contributed by atoms with Crippen LogP contribution >= 0.6 is 0 Å². The number of nitrogens with zero attached hydrogens (tertiary/aromatic N) is 1. The molecule has 6 heteroatoms. The van der Waals surface area contributed by atoms with Gasteiger partial charge in [0.25, 0.3) is 0 Å². The highest BCUT2D eigenvalue weighted by Gasteiger charge is 2.27. The molecular weight excluding hydrogens is 246 g/mol. The number of carboxylic acids is 1. The van der Waals surface area contributed by atoms with Gasteiger partial charge in [0, 0.05) is 25.2 Å². The molecule has 0 aromatic rings. The number of carboxylic acid groups (broad SMARTS) is 1. The molecule has 0 spiro atoms. The average molecular weight is 271 g/mol. The smallest absolute Gasteiger partial charge is 0.315 e. The summed E-state index contributed by atoms with van der Waals surface area (Å²) in [5.41, 5.74) is 0. The number of carbonyl (C=O) groups is 2. The summed E-state index contributed by atoms with van der Waals surface area (Å²) in [5.74, 6) is -1.50. The maximum atomic E-state index is 11.6. The normalized spacial score (nSPS) is 17.9. The third-order valence-electron chi connectivity index (χ3n) is 3.65. The van der Waals surface area contributed by atoms with Gasteiger partial charge >= 0.3 is 12.0 Å². The molecule has 0 radical (unpaired) electrons. The standard InChI is InChI=1S/C13H25N3O3/c1-4-16(11-5-6-11)8-7-14-13(19)15-10(3)9(2)12(17)18/h9-11H,4-8H2,1-3H3,(H,17,18)(H2,14,15,19). The third-order valence-corrected chi connectivity index (χ3v) is 3.65. The molecule has 2 amide bonds. The van der Waals surface area contributed by atoms with E-state index < -0.39 is 11.9 Å². The number of rotatable bonds is 8. The van der Waals surface area contributed by atoms with Gasteiger partial charge < -0.3 is 15.7 Å². The Morgan fingerprint density at radius 3 is 2.47 bits per heavy atom. The van der Waals surface area contributed by atoms with E-state index >= 15 is 0 Å². The van der Waals surface area contributed by atoms with Crippen LogP contribution in [-0.2, 0) is 4.79 Å². The molecule has 3 N–H and O–H groups in total. The fraction of sp³-hybridized carbons (Fsp3) is 0.846. The first-order valence-electron chi connectivity index (χ1n) is 6.97. The van der Waals surface area contributed by atoms with Crippen molar-refractivity contribution in [3.8, 4) is 0 Å². The molecule has 1 saturated carbocycles. The van der Waals surface area contributed by atoms with E-state index in [0.29, 0.717) is 12.6 Å². The zero-order valence-corrected chi connectivity index (χ0v) is 12.0. The van der Waals surface area contributed by atoms with E-state index in [1.165, 1.54) is 12.8 Å². The lowest BCUT2D eigenvalue weighted by Crippen LogP contribution is -2.47. The zero-order valence-electron chi connectivity index (χ0n) is 12.0. The first kappa shape index (κ1) is 15.8. The summed E-state index contributed by atoms with van der Waals surface area (Å²) in [6, 6.07) is 0.0106. The van der Waals surface area contributed by atoms with Gasteiger partial charge in [-0.3, -0.25) is 9.69 Å². The van der Waals surface area contributed by atoms with Gasteiger partial charge in [-0.15, -0.1) is 0 Å². The van der Waals surface area contributed by atoms with Gasteiger partial charge in [0.2, 0.25) is 0 Å². The number of carbonyl (C=O) groups excluding carboxylic acids is 1. The number of hydrogen-bond donors (Lipinski definition) is 3. The predicted octanol–water partition coefficient (Wildman–Crippen LogP) is 0.879. The Labute approximate surface area is 114 Å². The molecule has 19 heavy (non-hydrogen) atoms. The lowest BCUT2D eigenvalue weighted by Gasteiger charge is -2.21. The fourth-order valence-corrected chi connectivity index (χ4v) is 1.95. The molecule has 6 nitrogen and oxygen atoms in total. The Balaban J connectivity index is 2.18. The van der Waals surface area contributed by atoms with Crippen molar-refractivity contribution in [2.45, 2.75) is 45.7 Å². The highest BCUT2D eigenvalue weighted by atomic mass is 16.4. The molecule has 2 atom stereocenters. The molecule has 1 rings (SSSR count). The van der Waals surface area contributed by atoms with E-state index in [4.69, 9.17) is 5.11 Å². The van der Waals surface area contributed by atoms with Crippen molar-refractivity contribution in [2.24, 2.45) is 5.92 Å². The van der Waals surface area contributed by atoms with E-state index in [0.717, 1.165) is 13.1 Å². The quantitative estimate of drug-likeness (QED) is 0.612. The average Bonchev–Trinajstić information content (AvgIpc) is 3.17. The minimum absolute atomic E-state index is 0.299. The van der Waals surface area contributed by atoms with Gasteiger partial charge in [0.15, 0.2) is 0 Å². The molecule has 1 fully saturated rings. The Bertz CT molecular complexity index is 318. The van der Waals surface area contributed by atoms with E-state index in [1.54, 1.807) is 13.8 Å². The summed E-state index contributed by atoms with van der Waals surface area (Å²) >= 11 is 0. The van der Waals surface area contributed by atoms with E-state index in [-0.39, 0.29) is 12.1 Å². The summed E-state index contributed by atoms with van der Waals surface area (Å²) in [4.78, 5) is 24.7. The highest BCUT2D eigenvalue weighted by molar-refractivity contribution is 5.76. The second kappa shape index (κ2) is 7.33.